The summed E-state index contributed by atoms with van der Waals surface area (Å²) in [5, 5.41) is 7.36. The molecule has 12 heteroatoms. The van der Waals surface area contributed by atoms with Crippen molar-refractivity contribution in [2.75, 3.05) is 16.5 Å². The molecule has 0 fully saturated rings. The molecule has 3 aromatic carbocycles. The van der Waals surface area contributed by atoms with Crippen molar-refractivity contribution >= 4 is 56.7 Å². The number of nitrogens with one attached hydrogen (secondary N) is 2. The van der Waals surface area contributed by atoms with E-state index in [1.165, 1.54) is 6.07 Å². The maximum Gasteiger partial charge on any atom is 0.247 e. The summed E-state index contributed by atoms with van der Waals surface area (Å²) in [4.78, 5) is 21.7. The molecule has 1 unspecified atom stereocenters. The minimum absolute atomic E-state index is 0.0371. The highest BCUT2D eigenvalue weighted by molar-refractivity contribution is 9.10. The van der Waals surface area contributed by atoms with Crippen molar-refractivity contribution in [3.8, 4) is 0 Å². The maximum atomic E-state index is 14.5. The van der Waals surface area contributed by atoms with Gasteiger partial charge in [0.15, 0.2) is 11.6 Å². The summed E-state index contributed by atoms with van der Waals surface area (Å²) in [7, 11) is 0. The molecule has 5 rings (SSSR count). The second kappa shape index (κ2) is 10.3. The Morgan fingerprint density at radius 2 is 1.82 bits per heavy atom. The van der Waals surface area contributed by atoms with Gasteiger partial charge in [-0.15, -0.1) is 0 Å². The summed E-state index contributed by atoms with van der Waals surface area (Å²) in [6, 6.07) is 15.4. The molecule has 0 radical (unpaired) electrons. The van der Waals surface area contributed by atoms with E-state index in [1.807, 2.05) is 30.3 Å². The number of nitrogens with zero attached hydrogens (tertiary/aromatic N) is 3. The van der Waals surface area contributed by atoms with E-state index >= 15 is 0 Å². The Bertz CT molecular complexity index is 1650. The van der Waals surface area contributed by atoms with Crippen LogP contribution in [0.2, 0.25) is 5.02 Å². The highest BCUT2D eigenvalue weighted by atomic mass is 79.9. The number of aromatic nitrogens is 2. The van der Waals surface area contributed by atoms with Crippen LogP contribution in [0.1, 0.15) is 29.2 Å². The highest BCUT2D eigenvalue weighted by Crippen LogP contribution is 2.44. The number of hydrazone groups is 1. The van der Waals surface area contributed by atoms with Crippen LogP contribution in [0.5, 0.6) is 0 Å². The van der Waals surface area contributed by atoms with Gasteiger partial charge in [0.05, 0.1) is 11.3 Å². The van der Waals surface area contributed by atoms with E-state index in [0.29, 0.717) is 32.3 Å². The Balaban J connectivity index is 1.56. The fourth-order valence-electron chi connectivity index (χ4n) is 4.43. The van der Waals surface area contributed by atoms with Gasteiger partial charge in [0, 0.05) is 27.0 Å². The van der Waals surface area contributed by atoms with E-state index < -0.39 is 34.9 Å². The summed E-state index contributed by atoms with van der Waals surface area (Å²) < 4.78 is 43.4. The molecular weight excluding hydrogens is 597 g/mol. The number of benzene rings is 3. The number of nitrogens with two attached hydrogens (primary N) is 1. The Kier molecular flexibility index (Phi) is 7.04. The Morgan fingerprint density at radius 1 is 1.10 bits per heavy atom. The Hall–Kier alpha value is -3.96. The lowest BCUT2D eigenvalue weighted by molar-refractivity contribution is -0.119. The van der Waals surface area contributed by atoms with Gasteiger partial charge < -0.3 is 11.1 Å². The Labute approximate surface area is 234 Å². The number of hydrogen-bond acceptors (Lipinski definition) is 6. The van der Waals surface area contributed by atoms with Crippen LogP contribution in [-0.4, -0.2) is 21.6 Å². The molecule has 0 saturated carbocycles. The first-order valence-electron chi connectivity index (χ1n) is 11.5. The van der Waals surface area contributed by atoms with Crippen molar-refractivity contribution in [2.24, 2.45) is 5.10 Å². The molecule has 0 spiro atoms. The smallest absolute Gasteiger partial charge is 0.247 e. The number of fused-ring (bicyclic) bond motifs is 1. The molecule has 1 amide bonds. The maximum absolute atomic E-state index is 14.5. The zero-order chi connectivity index (χ0) is 27.9. The van der Waals surface area contributed by atoms with Gasteiger partial charge in [0.2, 0.25) is 11.9 Å². The van der Waals surface area contributed by atoms with Crippen molar-refractivity contribution in [3.05, 3.63) is 110 Å². The number of anilines is 3. The van der Waals surface area contributed by atoms with Crippen molar-refractivity contribution in [1.82, 2.24) is 9.97 Å². The van der Waals surface area contributed by atoms with Crippen molar-refractivity contribution < 1.29 is 18.0 Å². The number of halogens is 5. The van der Waals surface area contributed by atoms with Crippen LogP contribution in [0.15, 0.2) is 70.2 Å². The minimum Gasteiger partial charge on any atom is -0.383 e. The average molecular weight is 616 g/mol. The minimum atomic E-state index is -1.33. The van der Waals surface area contributed by atoms with Gasteiger partial charge in [0.25, 0.3) is 0 Å². The topological polar surface area (TPSA) is 105 Å². The van der Waals surface area contributed by atoms with Crippen molar-refractivity contribution in [1.29, 1.82) is 0 Å². The third-order valence-corrected chi connectivity index (χ3v) is 7.41. The summed E-state index contributed by atoms with van der Waals surface area (Å²) in [5.41, 5.74) is 8.90. The van der Waals surface area contributed by atoms with Crippen molar-refractivity contribution in [3.63, 3.8) is 0 Å². The van der Waals surface area contributed by atoms with Gasteiger partial charge in [0.1, 0.15) is 22.9 Å². The van der Waals surface area contributed by atoms with E-state index in [0.717, 1.165) is 6.07 Å². The molecule has 7 nitrogen and oxygen atoms in total. The monoisotopic (exact) mass is 614 g/mol. The fourth-order valence-corrected chi connectivity index (χ4v) is 5.08. The normalized spacial score (nSPS) is 16.7. The molecule has 1 aromatic heterocycles. The molecular formula is C27H19BrClF3N6O. The van der Waals surface area contributed by atoms with Crippen LogP contribution in [0.25, 0.3) is 0 Å². The number of hydrogen-bond donors (Lipinski definition) is 3. The lowest BCUT2D eigenvalue weighted by Crippen LogP contribution is -2.32. The SMILES string of the molecule is CC1(c2ccccc2)C(=O)Nc2nc(NN=C(Cc3c(F)ccc(F)c3F)c3cc(Cl)ccc3Br)nc(N)c21. The van der Waals surface area contributed by atoms with E-state index in [9.17, 15) is 18.0 Å². The lowest BCUT2D eigenvalue weighted by atomic mass is 9.78. The molecule has 0 saturated heterocycles. The highest BCUT2D eigenvalue weighted by Gasteiger charge is 2.47. The third-order valence-electron chi connectivity index (χ3n) is 6.49. The second-order valence-electron chi connectivity index (χ2n) is 8.89. The number of carbonyl (C=O) groups excluding carboxylic acids is 1. The molecule has 4 aromatic rings. The molecule has 39 heavy (non-hydrogen) atoms. The quantitative estimate of drug-likeness (QED) is 0.136. The molecule has 0 aliphatic carbocycles. The number of rotatable bonds is 6. The van der Waals surface area contributed by atoms with Gasteiger partial charge >= 0.3 is 0 Å². The molecule has 0 bridgehead atoms. The molecule has 2 heterocycles. The van der Waals surface area contributed by atoms with Gasteiger partial charge in [-0.2, -0.15) is 15.1 Å². The summed E-state index contributed by atoms with van der Waals surface area (Å²) in [5.74, 6) is -3.65. The van der Waals surface area contributed by atoms with Crippen LogP contribution in [-0.2, 0) is 16.6 Å². The first-order valence-corrected chi connectivity index (χ1v) is 12.7. The molecule has 1 atom stereocenters. The lowest BCUT2D eigenvalue weighted by Gasteiger charge is -2.23. The second-order valence-corrected chi connectivity index (χ2v) is 10.2. The Morgan fingerprint density at radius 3 is 2.56 bits per heavy atom. The average Bonchev–Trinajstić information content (AvgIpc) is 3.18. The molecule has 198 valence electrons. The summed E-state index contributed by atoms with van der Waals surface area (Å²) >= 11 is 9.55. The van der Waals surface area contributed by atoms with Crippen molar-refractivity contribution in [2.45, 2.75) is 18.8 Å². The molecule has 4 N–H and O–H groups in total. The zero-order valence-corrected chi connectivity index (χ0v) is 22.5. The number of nitrogen functional groups attached to an aromatic ring is 1. The van der Waals surface area contributed by atoms with Gasteiger partial charge in [-0.05, 0) is 42.8 Å². The van der Waals surface area contributed by atoms with Crippen LogP contribution >= 0.6 is 27.5 Å². The van der Waals surface area contributed by atoms with Crippen LogP contribution < -0.4 is 16.5 Å². The molecule has 1 aliphatic rings. The van der Waals surface area contributed by atoms with E-state index in [-0.39, 0.29) is 29.2 Å². The van der Waals surface area contributed by atoms with Crippen LogP contribution in [0.4, 0.5) is 30.8 Å². The fraction of sp³-hybridized carbons (Fsp3) is 0.111. The zero-order valence-electron chi connectivity index (χ0n) is 20.2. The summed E-state index contributed by atoms with van der Waals surface area (Å²) in [6.07, 6.45) is -0.440. The first-order chi connectivity index (χ1) is 18.6. The van der Waals surface area contributed by atoms with E-state index in [2.05, 4.69) is 41.7 Å². The predicted octanol–water partition coefficient (Wildman–Crippen LogP) is 6.21. The number of amides is 1. The predicted molar refractivity (Wildman–Crippen MR) is 147 cm³/mol. The molecule has 1 aliphatic heterocycles. The standard InChI is InChI=1S/C27H19BrClF3N6O/c1-27(13-5-3-2-4-6-13)21-23(33)34-26(36-24(21)35-25(27)39)38-37-20(15-11-14(29)7-8-17(15)28)12-16-18(30)9-10-19(31)22(16)32/h2-11H,12H2,1H3,(H4,33,34,35,36,38,39). The van der Waals surface area contributed by atoms with Gasteiger partial charge in [-0.1, -0.05) is 57.9 Å². The number of carbonyl (C=O) groups is 1. The van der Waals surface area contributed by atoms with E-state index in [1.54, 1.807) is 19.1 Å². The summed E-state index contributed by atoms with van der Waals surface area (Å²) in [6.45, 7) is 1.73. The van der Waals surface area contributed by atoms with E-state index in [4.69, 9.17) is 17.3 Å². The van der Waals surface area contributed by atoms with Gasteiger partial charge in [-0.25, -0.2) is 18.6 Å². The van der Waals surface area contributed by atoms with Crippen LogP contribution in [0, 0.1) is 17.5 Å². The first kappa shape index (κ1) is 26.6. The van der Waals surface area contributed by atoms with Gasteiger partial charge in [-0.3, -0.25) is 4.79 Å². The van der Waals surface area contributed by atoms with Crippen LogP contribution in [0.3, 0.4) is 0 Å². The largest absolute Gasteiger partial charge is 0.383 e. The third kappa shape index (κ3) is 4.83.